The molecule has 41 heavy (non-hydrogen) atoms. The first-order valence-corrected chi connectivity index (χ1v) is 15.5. The first-order chi connectivity index (χ1) is 19.9. The second-order valence-electron chi connectivity index (χ2n) is 10.5. The first-order valence-electron chi connectivity index (χ1n) is 13.6. The van der Waals surface area contributed by atoms with Crippen molar-refractivity contribution in [3.05, 3.63) is 54.1 Å². The van der Waals surface area contributed by atoms with Crippen LogP contribution in [0.4, 0.5) is 21.7 Å². The molecule has 0 amide bonds. The van der Waals surface area contributed by atoms with E-state index in [9.17, 15) is 14.4 Å². The molecule has 3 fully saturated rings. The predicted octanol–water partition coefficient (Wildman–Crippen LogP) is 4.11. The van der Waals surface area contributed by atoms with Gasteiger partial charge >= 0.3 is 0 Å². The van der Waals surface area contributed by atoms with Crippen LogP contribution in [-0.2, 0) is 4.74 Å². The minimum absolute atomic E-state index is 0.0181. The molecule has 0 radical (unpaired) electrons. The topological polar surface area (TPSA) is 140 Å². The molecule has 3 saturated heterocycles. The number of rotatable bonds is 7. The lowest BCUT2D eigenvalue weighted by Crippen LogP contribution is -2.56. The van der Waals surface area contributed by atoms with Crippen LogP contribution in [0.25, 0.3) is 11.4 Å². The van der Waals surface area contributed by atoms with Crippen LogP contribution in [0.5, 0.6) is 5.75 Å². The number of piperazine rings is 1. The Kier molecular flexibility index (Phi) is 7.92. The largest absolute Gasteiger partial charge is 0.486 e. The number of nitriles is 1. The summed E-state index contributed by atoms with van der Waals surface area (Å²) >= 11 is 0. The van der Waals surface area contributed by atoms with Gasteiger partial charge in [0.25, 0.3) is 0 Å². The molecular weight excluding hydrogens is 549 g/mol. The molecule has 216 valence electrons. The number of hydrogen-bond acceptors (Lipinski definition) is 11. The third-order valence-corrected chi connectivity index (χ3v) is 9.53. The van der Waals surface area contributed by atoms with Gasteiger partial charge in [-0.25, -0.2) is 14.4 Å². The fraction of sp³-hybridized carbons (Fsp3) is 0.429. The molecule has 0 saturated carbocycles. The molecule has 4 heterocycles. The second-order valence-corrected chi connectivity index (χ2v) is 12.9. The van der Waals surface area contributed by atoms with Crippen molar-refractivity contribution in [2.24, 2.45) is 0 Å². The summed E-state index contributed by atoms with van der Waals surface area (Å²) in [5.74, 6) is 0.0583. The lowest BCUT2D eigenvalue weighted by atomic mass is 10.1. The number of halogens is 1. The third kappa shape index (κ3) is 6.37. The van der Waals surface area contributed by atoms with Gasteiger partial charge in [-0.15, -0.1) is 0 Å². The van der Waals surface area contributed by atoms with E-state index in [1.807, 2.05) is 18.2 Å². The van der Waals surface area contributed by atoms with Crippen LogP contribution in [-0.4, -0.2) is 92.0 Å². The number of aromatic nitrogens is 3. The van der Waals surface area contributed by atoms with Crippen molar-refractivity contribution in [1.29, 1.82) is 5.26 Å². The summed E-state index contributed by atoms with van der Waals surface area (Å²) in [6, 6.07) is 13.3. The van der Waals surface area contributed by atoms with E-state index in [1.165, 1.54) is 18.5 Å². The normalized spacial score (nSPS) is 20.6. The fourth-order valence-corrected chi connectivity index (χ4v) is 6.74. The average Bonchev–Trinajstić information content (AvgIpc) is 2.95. The van der Waals surface area contributed by atoms with Crippen molar-refractivity contribution in [3.63, 3.8) is 0 Å². The van der Waals surface area contributed by atoms with E-state index < -0.39 is 22.5 Å². The lowest BCUT2D eigenvalue weighted by molar-refractivity contribution is -0.0660. The van der Waals surface area contributed by atoms with Gasteiger partial charge in [0.2, 0.25) is 5.95 Å². The number of benzene rings is 2. The Labute approximate surface area is 239 Å². The molecule has 2 aromatic carbocycles. The summed E-state index contributed by atoms with van der Waals surface area (Å²) in [6.07, 6.45) is 1.70. The van der Waals surface area contributed by atoms with Gasteiger partial charge in [-0.3, -0.25) is 14.0 Å². The van der Waals surface area contributed by atoms with Crippen LogP contribution in [0, 0.1) is 17.1 Å². The summed E-state index contributed by atoms with van der Waals surface area (Å²) in [7, 11) is -2.59. The molecule has 1 aromatic heterocycles. The van der Waals surface area contributed by atoms with Gasteiger partial charge in [0.15, 0.2) is 17.4 Å². The lowest BCUT2D eigenvalue weighted by Gasteiger charge is -2.43. The maximum absolute atomic E-state index is 15.1. The van der Waals surface area contributed by atoms with E-state index in [-0.39, 0.29) is 28.6 Å². The van der Waals surface area contributed by atoms with Gasteiger partial charge in [0, 0.05) is 67.5 Å². The molecular formula is C28H32FN7O4S. The zero-order chi connectivity index (χ0) is 28.4. The Morgan fingerprint density at radius 2 is 1.78 bits per heavy atom. The Balaban J connectivity index is 1.11. The average molecular weight is 582 g/mol. The van der Waals surface area contributed by atoms with Crippen LogP contribution in [0.3, 0.4) is 0 Å². The Bertz CT molecular complexity index is 1420. The Morgan fingerprint density at radius 3 is 2.44 bits per heavy atom. The van der Waals surface area contributed by atoms with Crippen LogP contribution in [0.1, 0.15) is 18.4 Å². The maximum atomic E-state index is 15.1. The highest BCUT2D eigenvalue weighted by molar-refractivity contribution is 8.24. The first kappa shape index (κ1) is 27.6. The highest BCUT2D eigenvalue weighted by Gasteiger charge is 2.29. The molecule has 0 bridgehead atoms. The number of nitrogens with one attached hydrogen (secondary N) is 1. The smallest absolute Gasteiger partial charge is 0.230 e. The summed E-state index contributed by atoms with van der Waals surface area (Å²) in [5.41, 5.74) is 2.29. The zero-order valence-electron chi connectivity index (χ0n) is 22.4. The quantitative estimate of drug-likeness (QED) is 0.371. The van der Waals surface area contributed by atoms with Crippen LogP contribution < -0.4 is 15.0 Å². The summed E-state index contributed by atoms with van der Waals surface area (Å²) in [6.45, 7) is 5.68. The standard InChI is InChI=1S/C28H32FN7O4S/c29-25-14-19(13-20(15-30)26(25)40-24-5-11-41(37,38)12-6-24)27-31-18-32-28(34-27)33-21-1-3-22(4-2-21)35-7-9-36(10-8-35)23-16-39-17-23/h1-4,13-14,18,23-24,37-38H,5-12,16-17H2,(H,31,32,33,34). The van der Waals surface area contributed by atoms with Crippen molar-refractivity contribution in [2.45, 2.75) is 25.0 Å². The third-order valence-electron chi connectivity index (χ3n) is 7.75. The molecule has 0 aliphatic carbocycles. The minimum Gasteiger partial charge on any atom is -0.486 e. The van der Waals surface area contributed by atoms with Crippen molar-refractivity contribution in [1.82, 2.24) is 19.9 Å². The van der Waals surface area contributed by atoms with Gasteiger partial charge in [-0.1, -0.05) is 0 Å². The van der Waals surface area contributed by atoms with E-state index in [1.54, 1.807) is 0 Å². The summed E-state index contributed by atoms with van der Waals surface area (Å²) in [4.78, 5) is 17.7. The number of ether oxygens (including phenoxy) is 2. The zero-order valence-corrected chi connectivity index (χ0v) is 23.3. The van der Waals surface area contributed by atoms with Crippen LogP contribution >= 0.6 is 10.6 Å². The fourth-order valence-electron chi connectivity index (χ4n) is 5.26. The van der Waals surface area contributed by atoms with E-state index in [4.69, 9.17) is 9.47 Å². The van der Waals surface area contributed by atoms with Gasteiger partial charge in [-0.05, 0) is 36.4 Å². The van der Waals surface area contributed by atoms with Crippen molar-refractivity contribution < 1.29 is 23.0 Å². The number of anilines is 3. The molecule has 3 N–H and O–H groups in total. The van der Waals surface area contributed by atoms with Gasteiger partial charge in [0.05, 0.1) is 24.8 Å². The molecule has 11 nitrogen and oxygen atoms in total. The molecule has 6 rings (SSSR count). The Hall–Kier alpha value is -3.54. The van der Waals surface area contributed by atoms with E-state index in [2.05, 4.69) is 42.2 Å². The SMILES string of the molecule is N#Cc1cc(-c2ncnc(Nc3ccc(N4CCN(C5COC5)CC4)cc3)n2)cc(F)c1OC1CCS(O)(O)CC1. The van der Waals surface area contributed by atoms with E-state index in [0.29, 0.717) is 30.4 Å². The molecule has 13 heteroatoms. The predicted molar refractivity (Wildman–Crippen MR) is 154 cm³/mol. The second kappa shape index (κ2) is 11.8. The highest BCUT2D eigenvalue weighted by Crippen LogP contribution is 2.45. The van der Waals surface area contributed by atoms with Crippen LogP contribution in [0.15, 0.2) is 42.7 Å². The molecule has 0 unspecified atom stereocenters. The van der Waals surface area contributed by atoms with Crippen molar-refractivity contribution >= 4 is 27.9 Å². The monoisotopic (exact) mass is 581 g/mol. The molecule has 0 spiro atoms. The summed E-state index contributed by atoms with van der Waals surface area (Å²) in [5, 5.41) is 12.9. The number of nitrogens with zero attached hydrogens (tertiary/aromatic N) is 6. The summed E-state index contributed by atoms with van der Waals surface area (Å²) < 4.78 is 45.9. The van der Waals surface area contributed by atoms with E-state index in [0.717, 1.165) is 50.8 Å². The van der Waals surface area contributed by atoms with Gasteiger partial charge in [0.1, 0.15) is 18.5 Å². The molecule has 3 aliphatic heterocycles. The van der Waals surface area contributed by atoms with Crippen molar-refractivity contribution in [2.75, 3.05) is 61.1 Å². The molecule has 3 aromatic rings. The number of hydrogen-bond donors (Lipinski definition) is 3. The maximum Gasteiger partial charge on any atom is 0.230 e. The van der Waals surface area contributed by atoms with Crippen LogP contribution in [0.2, 0.25) is 0 Å². The molecule has 0 atom stereocenters. The van der Waals surface area contributed by atoms with Gasteiger partial charge < -0.3 is 19.7 Å². The van der Waals surface area contributed by atoms with E-state index >= 15 is 4.39 Å². The minimum atomic E-state index is -2.59. The van der Waals surface area contributed by atoms with Crippen molar-refractivity contribution in [3.8, 4) is 23.2 Å². The van der Waals surface area contributed by atoms with Gasteiger partial charge in [-0.2, -0.15) is 20.8 Å². The Morgan fingerprint density at radius 1 is 1.05 bits per heavy atom. The highest BCUT2D eigenvalue weighted by atomic mass is 32.3. The molecule has 3 aliphatic rings.